The van der Waals surface area contributed by atoms with Gasteiger partial charge >= 0.3 is 5.97 Å². The van der Waals surface area contributed by atoms with Gasteiger partial charge in [-0.2, -0.15) is 0 Å². The quantitative estimate of drug-likeness (QED) is 0.226. The molecule has 35 heavy (non-hydrogen) atoms. The molecule has 0 spiro atoms. The molecule has 1 aliphatic carbocycles. The number of hydrogen-bond acceptors (Lipinski definition) is 8. The summed E-state index contributed by atoms with van der Waals surface area (Å²) in [7, 11) is 1.82. The number of rotatable bonds is 9. The van der Waals surface area contributed by atoms with Crippen LogP contribution in [0.5, 0.6) is 5.75 Å². The molecule has 1 amide bonds. The van der Waals surface area contributed by atoms with E-state index in [-0.39, 0.29) is 24.2 Å². The Hall–Kier alpha value is -2.56. The van der Waals surface area contributed by atoms with E-state index in [1.54, 1.807) is 23.6 Å². The highest BCUT2D eigenvalue weighted by Crippen LogP contribution is 2.38. The predicted molar refractivity (Wildman–Crippen MR) is 138 cm³/mol. The molecule has 2 aromatic heterocycles. The molecule has 0 saturated heterocycles. The third-order valence-corrected chi connectivity index (χ3v) is 8.14. The predicted octanol–water partition coefficient (Wildman–Crippen LogP) is 5.29. The maximum Gasteiger partial charge on any atom is 0.341 e. The first kappa shape index (κ1) is 25.5. The highest BCUT2D eigenvalue weighted by molar-refractivity contribution is 7.99. The molecule has 0 saturated carbocycles. The topological polar surface area (TPSA) is 95.3 Å². The Bertz CT molecular complexity index is 1210. The van der Waals surface area contributed by atoms with Crippen LogP contribution in [0.3, 0.4) is 0 Å². The number of benzene rings is 1. The molecular weight excluding hydrogens is 508 g/mol. The smallest absolute Gasteiger partial charge is 0.341 e. The van der Waals surface area contributed by atoms with Crippen LogP contribution < -0.4 is 10.1 Å². The van der Waals surface area contributed by atoms with E-state index in [1.165, 1.54) is 28.0 Å². The van der Waals surface area contributed by atoms with Gasteiger partial charge in [0.05, 0.1) is 22.9 Å². The Labute approximate surface area is 217 Å². The molecule has 0 bridgehead atoms. The number of carbonyl (C=O) groups excluding carboxylic acids is 2. The van der Waals surface area contributed by atoms with Crippen LogP contribution in [0.2, 0.25) is 5.02 Å². The van der Waals surface area contributed by atoms with E-state index in [0.29, 0.717) is 38.9 Å². The molecule has 4 rings (SSSR count). The Morgan fingerprint density at radius 1 is 1.20 bits per heavy atom. The Morgan fingerprint density at radius 3 is 2.80 bits per heavy atom. The Morgan fingerprint density at radius 2 is 2.00 bits per heavy atom. The van der Waals surface area contributed by atoms with Gasteiger partial charge in [-0.1, -0.05) is 41.9 Å². The van der Waals surface area contributed by atoms with Crippen molar-refractivity contribution in [3.05, 3.63) is 51.1 Å². The molecule has 0 fully saturated rings. The van der Waals surface area contributed by atoms with E-state index >= 15 is 0 Å². The number of halogens is 1. The SMILES string of the molecule is CCOC(=O)c1c(NC(=O)CSc2nnc(COc3ccccc3Cl)n2C)sc2c1CCCCC2. The number of hydrogen-bond donors (Lipinski definition) is 1. The van der Waals surface area contributed by atoms with E-state index < -0.39 is 0 Å². The van der Waals surface area contributed by atoms with Crippen LogP contribution in [0.15, 0.2) is 29.4 Å². The summed E-state index contributed by atoms with van der Waals surface area (Å²) in [4.78, 5) is 26.7. The van der Waals surface area contributed by atoms with Gasteiger partial charge in [0.25, 0.3) is 0 Å². The zero-order valence-electron chi connectivity index (χ0n) is 19.6. The lowest BCUT2D eigenvalue weighted by Gasteiger charge is -2.09. The van der Waals surface area contributed by atoms with Crippen molar-refractivity contribution in [3.63, 3.8) is 0 Å². The van der Waals surface area contributed by atoms with Gasteiger partial charge in [-0.15, -0.1) is 21.5 Å². The normalized spacial score (nSPS) is 13.1. The summed E-state index contributed by atoms with van der Waals surface area (Å²) in [6.45, 7) is 2.28. The number of thiophene rings is 1. The second kappa shape index (κ2) is 11.9. The summed E-state index contributed by atoms with van der Waals surface area (Å²) >= 11 is 8.89. The first-order valence-corrected chi connectivity index (χ1v) is 13.7. The van der Waals surface area contributed by atoms with E-state index in [0.717, 1.165) is 37.7 Å². The highest BCUT2D eigenvalue weighted by Gasteiger charge is 2.26. The average Bonchev–Trinajstić information content (AvgIpc) is 3.27. The molecule has 1 aliphatic rings. The number of thioether (sulfide) groups is 1. The number of aryl methyl sites for hydroxylation is 1. The second-order valence-corrected chi connectivity index (χ2v) is 10.5. The van der Waals surface area contributed by atoms with Crippen molar-refractivity contribution in [1.82, 2.24) is 14.8 Å². The summed E-state index contributed by atoms with van der Waals surface area (Å²) in [6.07, 6.45) is 5.03. The zero-order chi connectivity index (χ0) is 24.8. The fourth-order valence-corrected chi connectivity index (χ4v) is 6.06. The number of aromatic nitrogens is 3. The van der Waals surface area contributed by atoms with Crippen molar-refractivity contribution in [1.29, 1.82) is 0 Å². The number of ether oxygens (including phenoxy) is 2. The first-order valence-electron chi connectivity index (χ1n) is 11.5. The van der Waals surface area contributed by atoms with Gasteiger partial charge in [0, 0.05) is 11.9 Å². The molecule has 8 nitrogen and oxygen atoms in total. The summed E-state index contributed by atoms with van der Waals surface area (Å²) in [5.41, 5.74) is 1.55. The molecule has 186 valence electrons. The number of carbonyl (C=O) groups is 2. The minimum Gasteiger partial charge on any atom is -0.484 e. The Balaban J connectivity index is 1.39. The van der Waals surface area contributed by atoms with E-state index in [1.807, 2.05) is 19.2 Å². The molecule has 1 N–H and O–H groups in total. The summed E-state index contributed by atoms with van der Waals surface area (Å²) < 4.78 is 12.8. The van der Waals surface area contributed by atoms with Gasteiger partial charge in [-0.3, -0.25) is 4.79 Å². The first-order chi connectivity index (χ1) is 17.0. The van der Waals surface area contributed by atoms with Crippen LogP contribution in [0.1, 0.15) is 52.8 Å². The maximum atomic E-state index is 12.8. The van der Waals surface area contributed by atoms with Gasteiger partial charge in [0.1, 0.15) is 17.4 Å². The molecule has 0 radical (unpaired) electrons. The number of nitrogens with one attached hydrogen (secondary N) is 1. The number of anilines is 1. The van der Waals surface area contributed by atoms with Crippen LogP contribution in [0.25, 0.3) is 0 Å². The van der Waals surface area contributed by atoms with Crippen molar-refractivity contribution >= 4 is 51.6 Å². The van der Waals surface area contributed by atoms with Crippen LogP contribution in [0.4, 0.5) is 5.00 Å². The number of amides is 1. The van der Waals surface area contributed by atoms with E-state index in [9.17, 15) is 9.59 Å². The van der Waals surface area contributed by atoms with E-state index in [4.69, 9.17) is 21.1 Å². The highest BCUT2D eigenvalue weighted by atomic mass is 35.5. The van der Waals surface area contributed by atoms with Crippen LogP contribution in [-0.4, -0.2) is 39.0 Å². The van der Waals surface area contributed by atoms with E-state index in [2.05, 4.69) is 15.5 Å². The van der Waals surface area contributed by atoms with Crippen molar-refractivity contribution in [2.75, 3.05) is 17.7 Å². The van der Waals surface area contributed by atoms with Crippen LogP contribution >= 0.6 is 34.7 Å². The Kier molecular flexibility index (Phi) is 8.69. The summed E-state index contributed by atoms with van der Waals surface area (Å²) in [5.74, 6) is 0.722. The largest absolute Gasteiger partial charge is 0.484 e. The third-order valence-electron chi connectivity index (χ3n) is 5.60. The lowest BCUT2D eigenvalue weighted by Crippen LogP contribution is -2.17. The molecule has 1 aromatic carbocycles. The second-order valence-electron chi connectivity index (χ2n) is 8.00. The van der Waals surface area contributed by atoms with Gasteiger partial charge in [0.2, 0.25) is 5.91 Å². The maximum absolute atomic E-state index is 12.8. The lowest BCUT2D eigenvalue weighted by molar-refractivity contribution is -0.113. The van der Waals surface area contributed by atoms with Crippen molar-refractivity contribution in [2.24, 2.45) is 7.05 Å². The van der Waals surface area contributed by atoms with Crippen LogP contribution in [-0.2, 0) is 36.0 Å². The molecular formula is C24H27ClN4O4S2. The fourth-order valence-electron chi connectivity index (χ4n) is 3.84. The average molecular weight is 535 g/mol. The lowest BCUT2D eigenvalue weighted by atomic mass is 10.1. The van der Waals surface area contributed by atoms with Gasteiger partial charge < -0.3 is 19.4 Å². The van der Waals surface area contributed by atoms with Gasteiger partial charge in [0.15, 0.2) is 11.0 Å². The molecule has 0 unspecified atom stereocenters. The molecule has 2 heterocycles. The van der Waals surface area contributed by atoms with Crippen LogP contribution in [0, 0.1) is 0 Å². The standard InChI is InChI=1S/C24H27ClN4O4S2/c1-3-32-23(31)21-15-9-5-4-6-12-18(15)35-22(21)26-20(30)14-34-24-28-27-19(29(24)2)13-33-17-11-8-7-10-16(17)25/h7-8,10-11H,3-6,9,12-14H2,1-2H3,(H,26,30). The van der Waals surface area contributed by atoms with Gasteiger partial charge in [-0.25, -0.2) is 4.79 Å². The molecule has 0 atom stereocenters. The number of esters is 1. The number of nitrogens with zero attached hydrogens (tertiary/aromatic N) is 3. The molecule has 0 aliphatic heterocycles. The summed E-state index contributed by atoms with van der Waals surface area (Å²) in [6, 6.07) is 7.22. The number of para-hydroxylation sites is 1. The zero-order valence-corrected chi connectivity index (χ0v) is 22.0. The monoisotopic (exact) mass is 534 g/mol. The molecule has 3 aromatic rings. The van der Waals surface area contributed by atoms with Gasteiger partial charge in [-0.05, 0) is 50.3 Å². The van der Waals surface area contributed by atoms with Crippen molar-refractivity contribution in [3.8, 4) is 5.75 Å². The molecule has 11 heteroatoms. The number of fused-ring (bicyclic) bond motifs is 1. The fraction of sp³-hybridized carbons (Fsp3) is 0.417. The van der Waals surface area contributed by atoms with Crippen molar-refractivity contribution < 1.29 is 19.1 Å². The third kappa shape index (κ3) is 6.17. The summed E-state index contributed by atoms with van der Waals surface area (Å²) in [5, 5.41) is 13.0. The van der Waals surface area contributed by atoms with Crippen molar-refractivity contribution in [2.45, 2.75) is 50.8 Å². The minimum atomic E-state index is -0.369. The minimum absolute atomic E-state index is 0.127.